The Balaban J connectivity index is 1.07. The van der Waals surface area contributed by atoms with Crippen molar-refractivity contribution in [3.05, 3.63) is 65.2 Å². The number of allylic oxidation sites excluding steroid dienone is 2. The summed E-state index contributed by atoms with van der Waals surface area (Å²) in [7, 11) is 0. The van der Waals surface area contributed by atoms with Gasteiger partial charge in [-0.3, -0.25) is 19.2 Å². The number of aryl methyl sites for hydroxylation is 3. The van der Waals surface area contributed by atoms with Gasteiger partial charge in [-0.15, -0.1) is 0 Å². The number of ether oxygens (including phenoxy) is 1. The number of anilines is 2. The lowest BCUT2D eigenvalue weighted by Crippen LogP contribution is -2.40. The van der Waals surface area contributed by atoms with Crippen LogP contribution in [0.1, 0.15) is 29.5 Å². The normalized spacial score (nSPS) is 32.6. The van der Waals surface area contributed by atoms with Crippen LogP contribution >= 0.6 is 0 Å². The minimum atomic E-state index is -0.569. The second kappa shape index (κ2) is 8.13. The van der Waals surface area contributed by atoms with Crippen LogP contribution in [0.3, 0.4) is 0 Å². The molecule has 2 saturated heterocycles. The van der Waals surface area contributed by atoms with E-state index in [-0.39, 0.29) is 54.4 Å². The average Bonchev–Trinajstić information content (AvgIpc) is 3.57. The van der Waals surface area contributed by atoms with Crippen molar-refractivity contribution in [3.63, 3.8) is 0 Å². The highest BCUT2D eigenvalue weighted by molar-refractivity contribution is 6.23. The molecular formula is C31H30N2O5. The quantitative estimate of drug-likeness (QED) is 0.267. The third kappa shape index (κ3) is 3.27. The molecule has 7 heteroatoms. The molecule has 2 heterocycles. The van der Waals surface area contributed by atoms with E-state index < -0.39 is 11.9 Å². The Morgan fingerprint density at radius 2 is 1.50 bits per heavy atom. The van der Waals surface area contributed by atoms with Gasteiger partial charge in [-0.1, -0.05) is 30.4 Å². The van der Waals surface area contributed by atoms with Crippen molar-refractivity contribution < 1.29 is 23.9 Å². The summed E-state index contributed by atoms with van der Waals surface area (Å²) in [5.74, 6) is -0.0291. The predicted octanol–water partition coefficient (Wildman–Crippen LogP) is 4.13. The molecule has 0 aromatic heterocycles. The number of carbonyl (C=O) groups excluding carboxylic acids is 4. The fraction of sp³-hybridized carbons (Fsp3) is 0.419. The fourth-order valence-corrected chi connectivity index (χ4v) is 7.65. The minimum absolute atomic E-state index is 0.0931. The highest BCUT2D eigenvalue weighted by Crippen LogP contribution is 2.65. The zero-order chi connectivity index (χ0) is 26.5. The molecule has 38 heavy (non-hydrogen) atoms. The summed E-state index contributed by atoms with van der Waals surface area (Å²) in [4.78, 5) is 55.8. The third-order valence-corrected chi connectivity index (χ3v) is 9.46. The lowest BCUT2D eigenvalue weighted by molar-refractivity contribution is -0.139. The monoisotopic (exact) mass is 510 g/mol. The molecule has 0 unspecified atom stereocenters. The molecular weight excluding hydrogens is 480 g/mol. The SMILES string of the molecule is Cc1cc(OC(=O)[C@@H]2CC(=O)N(c3c(C)cccc3C)C2)ccc1N1C(=O)[C@@H]2[C@H]3C=C[C@@H]([C@@H]4C[C@@H]34)[C@H]2C1=O. The van der Waals surface area contributed by atoms with Crippen LogP contribution in [0.5, 0.6) is 5.75 Å². The molecule has 0 radical (unpaired) electrons. The average molecular weight is 511 g/mol. The van der Waals surface area contributed by atoms with Crippen molar-refractivity contribution in [1.82, 2.24) is 0 Å². The number of esters is 1. The maximum atomic E-state index is 13.5. The Hall–Kier alpha value is -3.74. The van der Waals surface area contributed by atoms with E-state index >= 15 is 0 Å². The second-order valence-electron chi connectivity index (χ2n) is 11.7. The molecule has 6 aliphatic rings. The lowest BCUT2D eigenvalue weighted by Gasteiger charge is -2.37. The van der Waals surface area contributed by atoms with Crippen molar-refractivity contribution in [2.45, 2.75) is 33.6 Å². The van der Waals surface area contributed by atoms with Gasteiger partial charge in [0.05, 0.1) is 23.4 Å². The van der Waals surface area contributed by atoms with Crippen LogP contribution in [-0.4, -0.2) is 30.2 Å². The van der Waals surface area contributed by atoms with E-state index in [4.69, 9.17) is 4.74 Å². The van der Waals surface area contributed by atoms with Crippen molar-refractivity contribution in [1.29, 1.82) is 0 Å². The molecule has 3 amide bonds. The van der Waals surface area contributed by atoms with Gasteiger partial charge in [0.15, 0.2) is 0 Å². The van der Waals surface area contributed by atoms with Crippen LogP contribution in [0, 0.1) is 62.2 Å². The highest BCUT2D eigenvalue weighted by atomic mass is 16.5. The van der Waals surface area contributed by atoms with Crippen LogP contribution in [0.15, 0.2) is 48.6 Å². The number of para-hydroxylation sites is 1. The van der Waals surface area contributed by atoms with Gasteiger partial charge in [0.1, 0.15) is 5.75 Å². The molecule has 2 bridgehead atoms. The summed E-state index contributed by atoms with van der Waals surface area (Å²) >= 11 is 0. The Morgan fingerprint density at radius 3 is 2.11 bits per heavy atom. The molecule has 2 saturated carbocycles. The first kappa shape index (κ1) is 23.4. The van der Waals surface area contributed by atoms with Crippen molar-refractivity contribution in [2.24, 2.45) is 41.4 Å². The molecule has 194 valence electrons. The van der Waals surface area contributed by atoms with Crippen molar-refractivity contribution in [3.8, 4) is 5.75 Å². The molecule has 8 rings (SSSR count). The van der Waals surface area contributed by atoms with Gasteiger partial charge < -0.3 is 9.64 Å². The van der Waals surface area contributed by atoms with Crippen molar-refractivity contribution >= 4 is 35.1 Å². The number of hydrogen-bond donors (Lipinski definition) is 0. The molecule has 2 aromatic rings. The molecule has 0 N–H and O–H groups in total. The minimum Gasteiger partial charge on any atom is -0.426 e. The Morgan fingerprint density at radius 1 is 0.868 bits per heavy atom. The van der Waals surface area contributed by atoms with E-state index in [2.05, 4.69) is 12.2 Å². The number of hydrogen-bond acceptors (Lipinski definition) is 5. The highest BCUT2D eigenvalue weighted by Gasteiger charge is 2.67. The number of benzene rings is 2. The van der Waals surface area contributed by atoms with Gasteiger partial charge in [0, 0.05) is 18.7 Å². The van der Waals surface area contributed by atoms with Gasteiger partial charge >= 0.3 is 5.97 Å². The standard InChI is InChI=1S/C31H30N2O5/c1-15-5-4-6-16(2)28(15)32-14-18(12-25(32)34)31(37)38-19-7-10-24(17(3)11-19)33-29(35)26-20-8-9-21(23-13-22(20)23)27(26)30(33)36/h4-11,18,20-23,26-27H,12-14H2,1-3H3/t18-,20+,21+,22+,23+,26-,27-/m1/s1. The van der Waals surface area contributed by atoms with E-state index in [1.165, 1.54) is 4.90 Å². The van der Waals surface area contributed by atoms with Gasteiger partial charge in [-0.2, -0.15) is 0 Å². The van der Waals surface area contributed by atoms with E-state index in [9.17, 15) is 19.2 Å². The van der Waals surface area contributed by atoms with Crippen LogP contribution in [0.2, 0.25) is 0 Å². The number of rotatable bonds is 4. The molecule has 2 aromatic carbocycles. The number of nitrogens with zero attached hydrogens (tertiary/aromatic N) is 2. The Labute approximate surface area is 221 Å². The zero-order valence-electron chi connectivity index (χ0n) is 21.7. The van der Waals surface area contributed by atoms with Crippen LogP contribution in [-0.2, 0) is 19.2 Å². The topological polar surface area (TPSA) is 84.0 Å². The van der Waals surface area contributed by atoms with Gasteiger partial charge in [-0.25, -0.2) is 4.90 Å². The summed E-state index contributed by atoms with van der Waals surface area (Å²) in [5, 5.41) is 0. The lowest BCUT2D eigenvalue weighted by atomic mass is 9.63. The second-order valence-corrected chi connectivity index (χ2v) is 11.7. The van der Waals surface area contributed by atoms with Crippen LogP contribution in [0.4, 0.5) is 11.4 Å². The molecule has 7 nitrogen and oxygen atoms in total. The largest absolute Gasteiger partial charge is 0.426 e. The van der Waals surface area contributed by atoms with E-state index in [1.807, 2.05) is 39.0 Å². The van der Waals surface area contributed by atoms with Crippen LogP contribution < -0.4 is 14.5 Å². The summed E-state index contributed by atoms with van der Waals surface area (Å²) in [6.07, 6.45) is 5.56. The molecule has 4 fully saturated rings. The molecule has 2 aliphatic heterocycles. The maximum Gasteiger partial charge on any atom is 0.316 e. The van der Waals surface area contributed by atoms with Gasteiger partial charge in [0.25, 0.3) is 0 Å². The number of amides is 3. The summed E-state index contributed by atoms with van der Waals surface area (Å²) in [5.41, 5.74) is 4.09. The third-order valence-electron chi connectivity index (χ3n) is 9.46. The number of imide groups is 1. The van der Waals surface area contributed by atoms with E-state index in [1.54, 1.807) is 23.1 Å². The van der Waals surface area contributed by atoms with E-state index in [0.717, 1.165) is 23.2 Å². The Kier molecular flexibility index (Phi) is 5.00. The maximum absolute atomic E-state index is 13.5. The van der Waals surface area contributed by atoms with Gasteiger partial charge in [-0.05, 0) is 85.8 Å². The first-order chi connectivity index (χ1) is 18.2. The summed E-state index contributed by atoms with van der Waals surface area (Å²) < 4.78 is 5.69. The van der Waals surface area contributed by atoms with Crippen molar-refractivity contribution in [2.75, 3.05) is 16.3 Å². The summed E-state index contributed by atoms with van der Waals surface area (Å²) in [6, 6.07) is 10.9. The molecule has 4 aliphatic carbocycles. The summed E-state index contributed by atoms with van der Waals surface area (Å²) in [6.45, 7) is 6.01. The number of carbonyl (C=O) groups is 4. The first-order valence-corrected chi connectivity index (χ1v) is 13.5. The van der Waals surface area contributed by atoms with E-state index in [0.29, 0.717) is 28.8 Å². The molecule has 0 spiro atoms. The van der Waals surface area contributed by atoms with Crippen LogP contribution in [0.25, 0.3) is 0 Å². The Bertz CT molecular complexity index is 1400. The zero-order valence-corrected chi connectivity index (χ0v) is 21.7. The first-order valence-electron chi connectivity index (χ1n) is 13.5. The van der Waals surface area contributed by atoms with Gasteiger partial charge in [0.2, 0.25) is 17.7 Å². The fourth-order valence-electron chi connectivity index (χ4n) is 7.65. The smallest absolute Gasteiger partial charge is 0.316 e. The predicted molar refractivity (Wildman–Crippen MR) is 140 cm³/mol. The molecule has 7 atom stereocenters.